The van der Waals surface area contributed by atoms with Crippen LogP contribution in [-0.4, -0.2) is 39.4 Å². The van der Waals surface area contributed by atoms with E-state index in [2.05, 4.69) is 264 Å². The molecule has 2 fully saturated rings. The number of hydrogen-bond donors (Lipinski definition) is 0. The van der Waals surface area contributed by atoms with E-state index in [-0.39, 0.29) is 0 Å². The number of anilines is 2. The third-order valence-electron chi connectivity index (χ3n) is 15.9. The highest BCUT2D eigenvalue weighted by molar-refractivity contribution is 6.42. The van der Waals surface area contributed by atoms with E-state index in [0.717, 1.165) is 36.9 Å². The molecule has 84 heavy (non-hydrogen) atoms. The van der Waals surface area contributed by atoms with Gasteiger partial charge in [0, 0.05) is 42.6 Å². The molecule has 6 heteroatoms. The third-order valence-corrected chi connectivity index (χ3v) is 17.1. The molecule has 0 atom stereocenters. The predicted molar refractivity (Wildman–Crippen MR) is 376 cm³/mol. The maximum atomic E-state index is 5.96. The van der Waals surface area contributed by atoms with Crippen LogP contribution in [0.25, 0.3) is 0 Å². The summed E-state index contributed by atoms with van der Waals surface area (Å²) < 4.78 is 5.38. The zero-order valence-corrected chi connectivity index (χ0v) is 58.0. The molecule has 458 valence electrons. The molecular formula is C78H109Cl3N2O. The molecule has 0 spiro atoms. The maximum absolute atomic E-state index is 5.96. The molecule has 9 rings (SSSR count). The van der Waals surface area contributed by atoms with Crippen molar-refractivity contribution >= 4 is 46.2 Å². The lowest BCUT2D eigenvalue weighted by Crippen LogP contribution is -2.36. The molecule has 0 N–H and O–H groups in total. The summed E-state index contributed by atoms with van der Waals surface area (Å²) in [5.41, 5.74) is 20.8. The van der Waals surface area contributed by atoms with Gasteiger partial charge in [-0.3, -0.25) is 0 Å². The number of piperidine rings is 1. The molecule has 2 aliphatic rings. The van der Waals surface area contributed by atoms with Crippen molar-refractivity contribution in [3.63, 3.8) is 0 Å². The second-order valence-corrected chi connectivity index (χ2v) is 26.2. The van der Waals surface area contributed by atoms with E-state index < -0.39 is 0 Å². The van der Waals surface area contributed by atoms with Crippen molar-refractivity contribution in [2.75, 3.05) is 49.2 Å². The number of benzene rings is 7. The molecule has 0 amide bonds. The normalized spacial score (nSPS) is 12.9. The number of morpholine rings is 1. The molecule has 2 saturated heterocycles. The Kier molecular flexibility index (Phi) is 33.3. The number of para-hydroxylation sites is 1. The fraction of sp³-hybridized carbons (Fsp3) is 0.462. The van der Waals surface area contributed by atoms with Gasteiger partial charge in [0.1, 0.15) is 0 Å². The first-order chi connectivity index (χ1) is 39.8. The number of nitrogens with zero attached hydrogens (tertiary/aromatic N) is 2. The largest absolute Gasteiger partial charge is 0.378 e. The van der Waals surface area contributed by atoms with Gasteiger partial charge in [0.2, 0.25) is 0 Å². The van der Waals surface area contributed by atoms with E-state index in [1.54, 1.807) is 6.07 Å². The van der Waals surface area contributed by atoms with E-state index in [9.17, 15) is 0 Å². The lowest BCUT2D eigenvalue weighted by molar-refractivity contribution is 0.122. The van der Waals surface area contributed by atoms with Gasteiger partial charge in [-0.1, -0.05) is 253 Å². The van der Waals surface area contributed by atoms with Crippen molar-refractivity contribution < 1.29 is 4.74 Å². The topological polar surface area (TPSA) is 15.7 Å². The monoisotopic (exact) mass is 1190 g/mol. The fourth-order valence-electron chi connectivity index (χ4n) is 10.6. The lowest BCUT2D eigenvalue weighted by Gasteiger charge is -2.31. The molecule has 0 radical (unpaired) electrons. The number of ether oxygens (including phenoxy) is 1. The first-order valence-electron chi connectivity index (χ1n) is 31.4. The summed E-state index contributed by atoms with van der Waals surface area (Å²) in [4.78, 5) is 4.94. The Morgan fingerprint density at radius 3 is 1.20 bits per heavy atom. The van der Waals surface area contributed by atoms with Gasteiger partial charge in [0.25, 0.3) is 0 Å². The van der Waals surface area contributed by atoms with E-state index in [1.165, 1.54) is 110 Å². The Bertz CT molecular complexity index is 2790. The summed E-state index contributed by atoms with van der Waals surface area (Å²) in [6.07, 6.45) is 4.11. The van der Waals surface area contributed by atoms with Crippen LogP contribution in [0, 0.1) is 41.5 Å². The molecule has 0 aliphatic carbocycles. The molecule has 0 saturated carbocycles. The molecule has 0 aromatic heterocycles. The first-order valence-corrected chi connectivity index (χ1v) is 32.5. The summed E-state index contributed by atoms with van der Waals surface area (Å²) in [5, 5.41) is 2.19. The second kappa shape index (κ2) is 38.2. The summed E-state index contributed by atoms with van der Waals surface area (Å²) >= 11 is 17.7. The smallest absolute Gasteiger partial charge is 0.0642 e. The summed E-state index contributed by atoms with van der Waals surface area (Å²) in [6, 6.07) is 51.3. The molecule has 0 unspecified atom stereocenters. The van der Waals surface area contributed by atoms with Gasteiger partial charge >= 0.3 is 0 Å². The first kappa shape index (κ1) is 73.2. The van der Waals surface area contributed by atoms with Gasteiger partial charge in [0.05, 0.1) is 23.3 Å². The van der Waals surface area contributed by atoms with Gasteiger partial charge < -0.3 is 14.5 Å². The Balaban J connectivity index is 0.000000258. The summed E-state index contributed by atoms with van der Waals surface area (Å²) in [5.74, 6) is 4.17. The SMILES string of the molecule is CC(C)c1ccc(N2CCCCC2)cc1.CC(C)c1cccc(Cl)c1Cl.CC(C)c1ccccc1N1CCOCC1.Cc1c(Cl)cccc1C(C)C.Cc1ccc(C(C)C)cc1.Cc1cccc(C(C)C)c1C.Cc1cccc(C)c1C(C)C. The van der Waals surface area contributed by atoms with Crippen molar-refractivity contribution in [2.24, 2.45) is 0 Å². The zero-order chi connectivity index (χ0) is 62.6. The average Bonchev–Trinajstić information content (AvgIpc) is 3.68. The van der Waals surface area contributed by atoms with E-state index in [4.69, 9.17) is 39.5 Å². The van der Waals surface area contributed by atoms with Crippen molar-refractivity contribution in [3.8, 4) is 0 Å². The summed E-state index contributed by atoms with van der Waals surface area (Å²) in [7, 11) is 0. The van der Waals surface area contributed by atoms with Crippen LogP contribution >= 0.6 is 34.8 Å². The molecule has 7 aromatic rings. The molecule has 7 aromatic carbocycles. The highest BCUT2D eigenvalue weighted by Crippen LogP contribution is 2.32. The van der Waals surface area contributed by atoms with Crippen molar-refractivity contribution in [1.29, 1.82) is 0 Å². The van der Waals surface area contributed by atoms with Crippen molar-refractivity contribution in [1.82, 2.24) is 0 Å². The van der Waals surface area contributed by atoms with Crippen molar-refractivity contribution in [2.45, 2.75) is 199 Å². The molecule has 2 heterocycles. The molecule has 3 nitrogen and oxygen atoms in total. The Hall–Kier alpha value is -5.03. The van der Waals surface area contributed by atoms with E-state index >= 15 is 0 Å². The van der Waals surface area contributed by atoms with Crippen LogP contribution in [0.3, 0.4) is 0 Å². The fourth-order valence-corrected chi connectivity index (χ4v) is 11.3. The number of rotatable bonds is 9. The summed E-state index contributed by atoms with van der Waals surface area (Å²) in [6.45, 7) is 50.1. The quantitative estimate of drug-likeness (QED) is 0.143. The number of halogens is 3. The standard InChI is InChI=1S/C14H21N.C13H19NO.2C11H16.C10H13Cl.C10H14.C9H10Cl2/c1-12(2)13-6-8-14(9-7-13)15-10-4-3-5-11-15;1-11(2)12-5-3-4-6-13(12)14-7-9-15-10-8-14;1-8(2)11-7-5-6-9(3)10(11)4;1-8(2)11-9(3)6-5-7-10(11)4;1-7(2)9-5-4-6-10(11)8(9)3;1-8(2)10-6-4-9(3)5-7-10;1-6(2)7-4-3-5-8(10)9(7)11/h6-9,12H,3-5,10-11H2,1-2H3;3-6,11H,7-10H2,1-2H3;2*5-8H,1-4H3;4-7H,1-3H3;4-8H,1-3H3;3-6H,1-2H3. The third kappa shape index (κ3) is 24.8. The van der Waals surface area contributed by atoms with Crippen LogP contribution in [0.15, 0.2) is 146 Å². The molecule has 2 aliphatic heterocycles. The van der Waals surface area contributed by atoms with Crippen LogP contribution in [0.1, 0.15) is 230 Å². The minimum Gasteiger partial charge on any atom is -0.378 e. The van der Waals surface area contributed by atoms with Crippen LogP contribution in [-0.2, 0) is 4.74 Å². The number of aryl methyl sites for hydroxylation is 4. The van der Waals surface area contributed by atoms with Crippen LogP contribution in [0.4, 0.5) is 11.4 Å². The lowest BCUT2D eigenvalue weighted by atomic mass is 9.94. The average molecular weight is 1200 g/mol. The number of hydrogen-bond acceptors (Lipinski definition) is 3. The van der Waals surface area contributed by atoms with Gasteiger partial charge in [-0.05, 0) is 199 Å². The second-order valence-electron chi connectivity index (χ2n) is 25.0. The molecule has 0 bridgehead atoms. The Morgan fingerprint density at radius 2 is 0.762 bits per heavy atom. The Labute approximate surface area is 528 Å². The predicted octanol–water partition coefficient (Wildman–Crippen LogP) is 24.3. The highest BCUT2D eigenvalue weighted by atomic mass is 35.5. The van der Waals surface area contributed by atoms with Gasteiger partial charge in [-0.15, -0.1) is 0 Å². The molecular weight excluding hydrogens is 1090 g/mol. The zero-order valence-electron chi connectivity index (χ0n) is 55.7. The minimum absolute atomic E-state index is 0.432. The minimum atomic E-state index is 0.432. The van der Waals surface area contributed by atoms with Crippen molar-refractivity contribution in [3.05, 3.63) is 233 Å². The van der Waals surface area contributed by atoms with Crippen LogP contribution in [0.2, 0.25) is 15.1 Å². The van der Waals surface area contributed by atoms with Gasteiger partial charge in [-0.2, -0.15) is 0 Å². The van der Waals surface area contributed by atoms with Crippen LogP contribution in [0.5, 0.6) is 0 Å². The van der Waals surface area contributed by atoms with E-state index in [1.807, 2.05) is 24.3 Å². The van der Waals surface area contributed by atoms with Crippen LogP contribution < -0.4 is 9.80 Å². The van der Waals surface area contributed by atoms with Gasteiger partial charge in [0.15, 0.2) is 0 Å². The Morgan fingerprint density at radius 1 is 0.345 bits per heavy atom. The maximum Gasteiger partial charge on any atom is 0.0642 e. The van der Waals surface area contributed by atoms with E-state index in [0.29, 0.717) is 51.5 Å². The highest BCUT2D eigenvalue weighted by Gasteiger charge is 2.16. The van der Waals surface area contributed by atoms with Gasteiger partial charge in [-0.25, -0.2) is 0 Å².